The van der Waals surface area contributed by atoms with Crippen LogP contribution in [0.1, 0.15) is 6.42 Å². The summed E-state index contributed by atoms with van der Waals surface area (Å²) in [5, 5.41) is 14.1. The van der Waals surface area contributed by atoms with Crippen molar-refractivity contribution in [2.45, 2.75) is 25.1 Å². The Bertz CT molecular complexity index is 223. The molecule has 1 aliphatic heterocycles. The van der Waals surface area contributed by atoms with Crippen molar-refractivity contribution in [2.24, 2.45) is 0 Å². The summed E-state index contributed by atoms with van der Waals surface area (Å²) in [6, 6.07) is 0. The normalized spacial score (nSPS) is 23.1. The second-order valence-corrected chi connectivity index (χ2v) is 3.61. The molecule has 2 atom stereocenters. The fraction of sp³-hybridized carbons (Fsp3) is 0.889. The minimum Gasteiger partial charge on any atom is -0.385 e. The molecule has 1 fully saturated rings. The molecule has 2 unspecified atom stereocenters. The van der Waals surface area contributed by atoms with Crippen LogP contribution < -0.4 is 10.6 Å². The molecular weight excluding hydrogens is 222 g/mol. The van der Waals surface area contributed by atoms with Gasteiger partial charge in [0.15, 0.2) is 0 Å². The molecular formula is C9H16F2N2O3. The number of nitrogens with one attached hydrogen (secondary N) is 2. The molecule has 16 heavy (non-hydrogen) atoms. The average molecular weight is 238 g/mol. The summed E-state index contributed by atoms with van der Waals surface area (Å²) in [5.41, 5.74) is 0. The number of ether oxygens (including phenoxy) is 1. The molecule has 0 aromatic heterocycles. The number of aliphatic hydroxyl groups is 1. The lowest BCUT2D eigenvalue weighted by Crippen LogP contribution is -2.43. The van der Waals surface area contributed by atoms with E-state index < -0.39 is 25.0 Å². The topological polar surface area (TPSA) is 70.6 Å². The Morgan fingerprint density at radius 1 is 1.62 bits per heavy atom. The molecule has 1 rings (SSSR count). The Morgan fingerprint density at radius 2 is 2.38 bits per heavy atom. The third kappa shape index (κ3) is 4.82. The molecule has 94 valence electrons. The first kappa shape index (κ1) is 13.3. The van der Waals surface area contributed by atoms with Crippen molar-refractivity contribution in [2.75, 3.05) is 26.2 Å². The van der Waals surface area contributed by atoms with Crippen LogP contribution in [-0.4, -0.2) is 55.9 Å². The van der Waals surface area contributed by atoms with E-state index in [0.29, 0.717) is 13.2 Å². The minimum atomic E-state index is -2.84. The Kier molecular flexibility index (Phi) is 5.58. The maximum Gasteiger partial charge on any atom is 0.265 e. The van der Waals surface area contributed by atoms with Crippen molar-refractivity contribution in [3.63, 3.8) is 0 Å². The van der Waals surface area contributed by atoms with E-state index in [1.54, 1.807) is 0 Å². The van der Waals surface area contributed by atoms with Crippen molar-refractivity contribution >= 4 is 5.91 Å². The highest BCUT2D eigenvalue weighted by molar-refractivity contribution is 5.76. The van der Waals surface area contributed by atoms with Crippen LogP contribution in [0.25, 0.3) is 0 Å². The molecule has 0 spiro atoms. The van der Waals surface area contributed by atoms with Crippen LogP contribution in [0.2, 0.25) is 0 Å². The zero-order valence-electron chi connectivity index (χ0n) is 8.79. The SMILES string of the molecule is O=C(CC1CNCCO1)NCC(O)C(F)F. The van der Waals surface area contributed by atoms with Crippen molar-refractivity contribution in [1.82, 2.24) is 10.6 Å². The van der Waals surface area contributed by atoms with Crippen LogP contribution in [0.5, 0.6) is 0 Å². The number of halogens is 2. The number of alkyl halides is 2. The molecule has 0 aliphatic carbocycles. The number of carbonyl (C=O) groups is 1. The zero-order valence-corrected chi connectivity index (χ0v) is 8.79. The average Bonchev–Trinajstić information content (AvgIpc) is 2.27. The molecule has 7 heteroatoms. The molecule has 0 radical (unpaired) electrons. The van der Waals surface area contributed by atoms with Crippen molar-refractivity contribution in [3.8, 4) is 0 Å². The summed E-state index contributed by atoms with van der Waals surface area (Å²) < 4.78 is 29.1. The van der Waals surface area contributed by atoms with E-state index in [1.807, 2.05) is 0 Å². The van der Waals surface area contributed by atoms with Crippen molar-refractivity contribution < 1.29 is 23.4 Å². The monoisotopic (exact) mass is 238 g/mol. The number of hydrogen-bond donors (Lipinski definition) is 3. The fourth-order valence-electron chi connectivity index (χ4n) is 1.34. The van der Waals surface area contributed by atoms with Gasteiger partial charge in [0.2, 0.25) is 5.91 Å². The van der Waals surface area contributed by atoms with Gasteiger partial charge in [-0.1, -0.05) is 0 Å². The standard InChI is InChI=1S/C9H16F2N2O3/c10-9(11)7(14)5-13-8(15)3-6-4-12-1-2-16-6/h6-7,9,12,14H,1-5H2,(H,13,15). The molecule has 5 nitrogen and oxygen atoms in total. The van der Waals surface area contributed by atoms with E-state index in [0.717, 1.165) is 6.54 Å². The smallest absolute Gasteiger partial charge is 0.265 e. The molecule has 1 amide bonds. The number of morpholine rings is 1. The quantitative estimate of drug-likeness (QED) is 0.581. The molecule has 1 aliphatic rings. The van der Waals surface area contributed by atoms with E-state index in [2.05, 4.69) is 10.6 Å². The van der Waals surface area contributed by atoms with Gasteiger partial charge in [-0.2, -0.15) is 0 Å². The number of rotatable bonds is 5. The Labute approximate surface area is 92.2 Å². The summed E-state index contributed by atoms with van der Waals surface area (Å²) in [5.74, 6) is -0.395. The molecule has 1 saturated heterocycles. The third-order valence-corrected chi connectivity index (χ3v) is 2.22. The second kappa shape index (κ2) is 6.72. The number of amides is 1. The van der Waals surface area contributed by atoms with E-state index >= 15 is 0 Å². The molecule has 0 aromatic carbocycles. The van der Waals surface area contributed by atoms with Crippen LogP contribution in [0.15, 0.2) is 0 Å². The Balaban J connectivity index is 2.14. The second-order valence-electron chi connectivity index (χ2n) is 3.61. The van der Waals surface area contributed by atoms with E-state index in [4.69, 9.17) is 9.84 Å². The summed E-state index contributed by atoms with van der Waals surface area (Å²) >= 11 is 0. The lowest BCUT2D eigenvalue weighted by Gasteiger charge is -2.23. The first-order chi connectivity index (χ1) is 7.59. The van der Waals surface area contributed by atoms with Gasteiger partial charge < -0.3 is 20.5 Å². The number of carbonyl (C=O) groups excluding carboxylic acids is 1. The molecule has 0 bridgehead atoms. The minimum absolute atomic E-state index is 0.114. The van der Waals surface area contributed by atoms with Crippen LogP contribution in [0.3, 0.4) is 0 Å². The lowest BCUT2D eigenvalue weighted by atomic mass is 10.2. The zero-order chi connectivity index (χ0) is 12.0. The van der Waals surface area contributed by atoms with Crippen LogP contribution >= 0.6 is 0 Å². The van der Waals surface area contributed by atoms with E-state index in [9.17, 15) is 13.6 Å². The number of hydrogen-bond acceptors (Lipinski definition) is 4. The predicted octanol–water partition coefficient (Wildman–Crippen LogP) is -0.893. The van der Waals surface area contributed by atoms with Crippen molar-refractivity contribution in [1.29, 1.82) is 0 Å². The van der Waals surface area contributed by atoms with Crippen LogP contribution in [-0.2, 0) is 9.53 Å². The lowest BCUT2D eigenvalue weighted by molar-refractivity contribution is -0.125. The molecule has 1 heterocycles. The molecule has 3 N–H and O–H groups in total. The molecule has 0 saturated carbocycles. The van der Waals surface area contributed by atoms with Crippen LogP contribution in [0.4, 0.5) is 8.78 Å². The fourth-order valence-corrected chi connectivity index (χ4v) is 1.34. The van der Waals surface area contributed by atoms with Crippen LogP contribution in [0, 0.1) is 0 Å². The van der Waals surface area contributed by atoms with Gasteiger partial charge in [-0.15, -0.1) is 0 Å². The largest absolute Gasteiger partial charge is 0.385 e. The van der Waals surface area contributed by atoms with Gasteiger partial charge in [0, 0.05) is 19.6 Å². The highest BCUT2D eigenvalue weighted by atomic mass is 19.3. The van der Waals surface area contributed by atoms with Gasteiger partial charge in [0.05, 0.1) is 19.1 Å². The first-order valence-electron chi connectivity index (χ1n) is 5.15. The summed E-state index contributed by atoms with van der Waals surface area (Å²) in [6.45, 7) is 1.43. The summed E-state index contributed by atoms with van der Waals surface area (Å²) in [7, 11) is 0. The highest BCUT2D eigenvalue weighted by Gasteiger charge is 2.20. The summed E-state index contributed by atoms with van der Waals surface area (Å²) in [6.07, 6.45) is -4.76. The van der Waals surface area contributed by atoms with E-state index in [-0.39, 0.29) is 12.5 Å². The Hall–Kier alpha value is -0.790. The number of aliphatic hydroxyl groups excluding tert-OH is 1. The predicted molar refractivity (Wildman–Crippen MR) is 52.2 cm³/mol. The third-order valence-electron chi connectivity index (χ3n) is 2.22. The van der Waals surface area contributed by atoms with Gasteiger partial charge in [-0.3, -0.25) is 4.79 Å². The van der Waals surface area contributed by atoms with Gasteiger partial charge in [-0.25, -0.2) is 8.78 Å². The van der Waals surface area contributed by atoms with Crippen molar-refractivity contribution in [3.05, 3.63) is 0 Å². The van der Waals surface area contributed by atoms with E-state index in [1.165, 1.54) is 0 Å². The van der Waals surface area contributed by atoms with Gasteiger partial charge in [0.1, 0.15) is 6.10 Å². The van der Waals surface area contributed by atoms with Gasteiger partial charge >= 0.3 is 0 Å². The maximum atomic E-state index is 11.9. The van der Waals surface area contributed by atoms with Gasteiger partial charge in [0.25, 0.3) is 6.43 Å². The first-order valence-corrected chi connectivity index (χ1v) is 5.15. The molecule has 0 aromatic rings. The highest BCUT2D eigenvalue weighted by Crippen LogP contribution is 2.02. The summed E-state index contributed by atoms with van der Waals surface area (Å²) in [4.78, 5) is 11.3. The maximum absolute atomic E-state index is 11.9. The Morgan fingerprint density at radius 3 is 2.94 bits per heavy atom. The van der Waals surface area contributed by atoms with Gasteiger partial charge in [-0.05, 0) is 0 Å².